The van der Waals surface area contributed by atoms with Crippen molar-refractivity contribution < 1.29 is 24.9 Å². The van der Waals surface area contributed by atoms with Crippen LogP contribution in [0.4, 0.5) is 0 Å². The number of benzene rings is 1. The van der Waals surface area contributed by atoms with E-state index in [1.54, 1.807) is 0 Å². The summed E-state index contributed by atoms with van der Waals surface area (Å²) in [7, 11) is 0. The fourth-order valence-electron chi connectivity index (χ4n) is 9.54. The summed E-state index contributed by atoms with van der Waals surface area (Å²) in [5.74, 6) is 6.06. The predicted octanol–water partition coefficient (Wildman–Crippen LogP) is 6.30. The van der Waals surface area contributed by atoms with Crippen LogP contribution >= 0.6 is 0 Å². The molecule has 1 aromatic carbocycles. The number of nitrogens with two attached hydrogens (primary N) is 2. The molecule has 1 spiro atoms. The number of fused-ring (bicyclic) bond motifs is 1. The zero-order chi connectivity index (χ0) is 35.9. The first kappa shape index (κ1) is 38.1. The van der Waals surface area contributed by atoms with E-state index >= 15 is 0 Å². The summed E-state index contributed by atoms with van der Waals surface area (Å²) < 4.78 is 6.15. The number of rotatable bonds is 8. The van der Waals surface area contributed by atoms with E-state index in [1.165, 1.54) is 5.57 Å². The molecule has 3 saturated carbocycles. The number of aliphatic hydroxyl groups is 3. The first-order valence-corrected chi connectivity index (χ1v) is 18.6. The minimum absolute atomic E-state index is 0.00409. The number of allylic oxidation sites excluding steroid dienone is 8. The van der Waals surface area contributed by atoms with Crippen LogP contribution in [0.15, 0.2) is 83.0 Å². The summed E-state index contributed by atoms with van der Waals surface area (Å²) in [5.41, 5.74) is 16.5. The molecule has 4 aliphatic rings. The van der Waals surface area contributed by atoms with E-state index in [9.17, 15) is 20.1 Å². The van der Waals surface area contributed by atoms with Crippen LogP contribution in [0.2, 0.25) is 0 Å². The van der Waals surface area contributed by atoms with E-state index in [1.807, 2.05) is 43.3 Å². The molecule has 0 radical (unpaired) electrons. The third kappa shape index (κ3) is 8.18. The largest absolute Gasteiger partial charge is 0.396 e. The highest BCUT2D eigenvalue weighted by atomic mass is 16.5. The average molecular weight is 683 g/mol. The van der Waals surface area contributed by atoms with Crippen LogP contribution in [0.5, 0.6) is 0 Å². The molecule has 7 N–H and O–H groups in total. The maximum absolute atomic E-state index is 14.0. The molecular weight excluding hydrogens is 624 g/mol. The van der Waals surface area contributed by atoms with Crippen LogP contribution in [-0.2, 0) is 16.0 Å². The van der Waals surface area contributed by atoms with Crippen molar-refractivity contribution in [1.29, 1.82) is 0 Å². The number of ketones is 1. The average Bonchev–Trinajstić information content (AvgIpc) is 3.26. The number of Topliss-reactive ketones (excluding diaryl/α,β-unsaturated/α-hetero) is 1. The Kier molecular flexibility index (Phi) is 12.9. The van der Waals surface area contributed by atoms with Crippen molar-refractivity contribution >= 4 is 5.78 Å². The van der Waals surface area contributed by atoms with Gasteiger partial charge in [0.2, 0.25) is 0 Å². The van der Waals surface area contributed by atoms with Crippen LogP contribution in [0.1, 0.15) is 102 Å². The molecule has 3 aliphatic carbocycles. The SMILES string of the molecule is C=C1/C=C/C=C(/[C@H]2[C@@H]3CCC[C@@]4(O)CC/C(=C(/C)C(=O)Cc5cccc(C(N)N)c5)[C@@H](CCCO)[C@]4(C3)[C@@H]2O)COCC#CC/C(C)=C\CC1. The molecule has 2 bridgehead atoms. The van der Waals surface area contributed by atoms with Gasteiger partial charge in [-0.3, -0.25) is 4.79 Å². The number of carbonyl (C=O) groups excluding carboxylic acids is 1. The molecule has 7 heteroatoms. The van der Waals surface area contributed by atoms with Crippen molar-refractivity contribution in [2.24, 2.45) is 34.6 Å². The summed E-state index contributed by atoms with van der Waals surface area (Å²) in [4.78, 5) is 14.0. The molecule has 0 unspecified atom stereocenters. The Hall–Kier alpha value is -3.09. The Balaban J connectivity index is 1.52. The molecule has 1 aromatic rings. The molecule has 0 saturated heterocycles. The monoisotopic (exact) mass is 682 g/mol. The lowest BCUT2D eigenvalue weighted by Gasteiger charge is -2.57. The number of hydrogen-bond donors (Lipinski definition) is 5. The Labute approximate surface area is 299 Å². The molecule has 3 fully saturated rings. The lowest BCUT2D eigenvalue weighted by atomic mass is 9.51. The van der Waals surface area contributed by atoms with Crippen LogP contribution < -0.4 is 11.5 Å². The maximum atomic E-state index is 14.0. The van der Waals surface area contributed by atoms with Crippen molar-refractivity contribution in [2.45, 2.75) is 109 Å². The normalized spacial score (nSPS) is 34.4. The van der Waals surface area contributed by atoms with Crippen LogP contribution in [0.3, 0.4) is 0 Å². The van der Waals surface area contributed by atoms with Gasteiger partial charge in [-0.1, -0.05) is 90.1 Å². The standard InChI is InChI=1S/C43H58N2O5/c1-29-11-4-5-24-50-28-35(17-7-14-30(2)13-6-12-29)39-34-18-9-21-42(49)22-20-36(37(19-10-23-46)43(42,27-34)40(39)48)31(3)38(47)26-32-15-8-16-33(25-32)41(44)45/h7-8,12,14-17,25,34,37,39-41,46,48-49H,2,6,9-11,13,18-24,26-28,44-45H2,1,3H3/b14-7+,29-12-,35-17+,36-31+/t34-,37-,39-,40-,42-,43-/m1/s1. The first-order valence-electron chi connectivity index (χ1n) is 18.6. The van der Waals surface area contributed by atoms with E-state index in [0.29, 0.717) is 63.7 Å². The van der Waals surface area contributed by atoms with E-state index in [0.717, 1.165) is 53.5 Å². The Morgan fingerprint density at radius 1 is 1.20 bits per heavy atom. The molecule has 50 heavy (non-hydrogen) atoms. The zero-order valence-corrected chi connectivity index (χ0v) is 30.1. The molecule has 1 heterocycles. The van der Waals surface area contributed by atoms with Crippen molar-refractivity contribution in [3.63, 3.8) is 0 Å². The highest BCUT2D eigenvalue weighted by Gasteiger charge is 2.68. The van der Waals surface area contributed by atoms with E-state index in [2.05, 4.69) is 37.5 Å². The number of hydrogen-bond acceptors (Lipinski definition) is 7. The van der Waals surface area contributed by atoms with Gasteiger partial charge >= 0.3 is 0 Å². The van der Waals surface area contributed by atoms with Gasteiger partial charge in [-0.25, -0.2) is 0 Å². The lowest BCUT2D eigenvalue weighted by Crippen LogP contribution is -2.61. The number of ether oxygens (including phenoxy) is 1. The first-order chi connectivity index (χ1) is 24.0. The Morgan fingerprint density at radius 3 is 2.80 bits per heavy atom. The van der Waals surface area contributed by atoms with Crippen molar-refractivity contribution in [1.82, 2.24) is 0 Å². The summed E-state index contributed by atoms with van der Waals surface area (Å²) in [6.45, 7) is 8.90. The lowest BCUT2D eigenvalue weighted by molar-refractivity contribution is -0.181. The van der Waals surface area contributed by atoms with Gasteiger partial charge in [-0.15, -0.1) is 0 Å². The van der Waals surface area contributed by atoms with Gasteiger partial charge in [0, 0.05) is 30.8 Å². The number of aliphatic hydroxyl groups excluding tert-OH is 2. The Bertz CT molecular complexity index is 1590. The maximum Gasteiger partial charge on any atom is 0.162 e. The summed E-state index contributed by atoms with van der Waals surface area (Å²) in [5, 5.41) is 35.5. The van der Waals surface area contributed by atoms with Crippen LogP contribution in [-0.4, -0.2) is 52.6 Å². The van der Waals surface area contributed by atoms with E-state index < -0.39 is 23.3 Å². The third-order valence-electron chi connectivity index (χ3n) is 12.1. The second-order valence-corrected chi connectivity index (χ2v) is 15.2. The fraction of sp³-hybridized carbons (Fsp3) is 0.558. The summed E-state index contributed by atoms with van der Waals surface area (Å²) >= 11 is 0. The second-order valence-electron chi connectivity index (χ2n) is 15.2. The van der Waals surface area contributed by atoms with Gasteiger partial charge in [0.15, 0.2) is 5.78 Å². The molecule has 1 aliphatic heterocycles. The second kappa shape index (κ2) is 17.0. The fourth-order valence-corrected chi connectivity index (χ4v) is 9.54. The molecule has 270 valence electrons. The van der Waals surface area contributed by atoms with Gasteiger partial charge in [0.1, 0.15) is 6.61 Å². The third-order valence-corrected chi connectivity index (χ3v) is 12.1. The molecular formula is C43H58N2O5. The molecule has 7 nitrogen and oxygen atoms in total. The van der Waals surface area contributed by atoms with Crippen molar-refractivity contribution in [2.75, 3.05) is 19.8 Å². The van der Waals surface area contributed by atoms with Gasteiger partial charge in [-0.2, -0.15) is 0 Å². The highest BCUT2D eigenvalue weighted by Crippen LogP contribution is 2.67. The minimum Gasteiger partial charge on any atom is -0.396 e. The molecule has 6 atom stereocenters. The molecule has 5 rings (SSSR count). The van der Waals surface area contributed by atoms with Gasteiger partial charge in [-0.05, 0) is 106 Å². The van der Waals surface area contributed by atoms with Crippen LogP contribution in [0, 0.1) is 35.0 Å². The van der Waals surface area contributed by atoms with Crippen LogP contribution in [0.25, 0.3) is 0 Å². The molecule has 0 aromatic heterocycles. The quantitative estimate of drug-likeness (QED) is 0.0939. The summed E-state index contributed by atoms with van der Waals surface area (Å²) in [6, 6.07) is 7.54. The molecule has 0 amide bonds. The summed E-state index contributed by atoms with van der Waals surface area (Å²) in [6.07, 6.45) is 14.8. The highest BCUT2D eigenvalue weighted by molar-refractivity contribution is 5.97. The zero-order valence-electron chi connectivity index (χ0n) is 30.1. The van der Waals surface area contributed by atoms with Crippen molar-refractivity contribution in [3.05, 3.63) is 94.1 Å². The smallest absolute Gasteiger partial charge is 0.162 e. The van der Waals surface area contributed by atoms with E-state index in [4.69, 9.17) is 16.2 Å². The topological polar surface area (TPSA) is 139 Å². The van der Waals surface area contributed by atoms with Crippen molar-refractivity contribution in [3.8, 4) is 11.8 Å². The van der Waals surface area contributed by atoms with Gasteiger partial charge < -0.3 is 31.5 Å². The minimum atomic E-state index is -1.09. The predicted molar refractivity (Wildman–Crippen MR) is 199 cm³/mol. The number of carbonyl (C=O) groups is 1. The van der Waals surface area contributed by atoms with E-state index in [-0.39, 0.29) is 36.6 Å². The van der Waals surface area contributed by atoms with Gasteiger partial charge in [0.25, 0.3) is 0 Å². The Morgan fingerprint density at radius 2 is 2.02 bits per heavy atom. The van der Waals surface area contributed by atoms with Gasteiger partial charge in [0.05, 0.1) is 24.5 Å².